The van der Waals surface area contributed by atoms with Gasteiger partial charge in [0.2, 0.25) is 0 Å². The first kappa shape index (κ1) is 21.4. The molecule has 29 heavy (non-hydrogen) atoms. The number of hydrogen-bond donors (Lipinski definition) is 0. The highest BCUT2D eigenvalue weighted by Crippen LogP contribution is 2.32. The minimum Gasteiger partial charge on any atom is -0.491 e. The lowest BCUT2D eigenvalue weighted by Gasteiger charge is -2.11. The van der Waals surface area contributed by atoms with Crippen molar-refractivity contribution in [3.8, 4) is 17.1 Å². The zero-order chi connectivity index (χ0) is 21.0. The van der Waals surface area contributed by atoms with Gasteiger partial charge in [0.15, 0.2) is 5.43 Å². The molecule has 1 heterocycles. The molecule has 0 saturated carbocycles. The minimum absolute atomic E-state index is 0.0930. The predicted molar refractivity (Wildman–Crippen MR) is 108 cm³/mol. The summed E-state index contributed by atoms with van der Waals surface area (Å²) in [6.07, 6.45) is -4.53. The van der Waals surface area contributed by atoms with Crippen LogP contribution in [0.25, 0.3) is 22.3 Å². The van der Waals surface area contributed by atoms with Gasteiger partial charge in [0.25, 0.3) is 0 Å². The fraction of sp³-hybridized carbons (Fsp3) is 0.286. The number of hydrogen-bond acceptors (Lipinski definition) is 4. The molecule has 2 aromatic carbocycles. The summed E-state index contributed by atoms with van der Waals surface area (Å²) < 4.78 is 55.4. The van der Waals surface area contributed by atoms with Crippen molar-refractivity contribution in [1.82, 2.24) is 0 Å². The van der Waals surface area contributed by atoms with Crippen LogP contribution in [-0.4, -0.2) is 25.2 Å². The summed E-state index contributed by atoms with van der Waals surface area (Å²) in [5, 5.41) is 0.666. The Morgan fingerprint density at radius 2 is 1.76 bits per heavy atom. The Morgan fingerprint density at radius 3 is 2.41 bits per heavy atom. The van der Waals surface area contributed by atoms with Crippen molar-refractivity contribution in [2.45, 2.75) is 13.1 Å². The van der Waals surface area contributed by atoms with Gasteiger partial charge in [-0.2, -0.15) is 13.2 Å². The normalized spacial score (nSPS) is 11.8. The first-order valence-electron chi connectivity index (χ1n) is 8.83. The van der Waals surface area contributed by atoms with Crippen LogP contribution in [0.5, 0.6) is 5.75 Å². The molecule has 0 saturated heterocycles. The van der Waals surface area contributed by atoms with E-state index in [0.29, 0.717) is 36.9 Å². The lowest BCUT2D eigenvalue weighted by atomic mass is 10.0. The number of fused-ring (bicyclic) bond motifs is 1. The molecule has 0 amide bonds. The molecule has 0 N–H and O–H groups in total. The Bertz CT molecular complexity index is 1040. The molecule has 0 fully saturated rings. The molecule has 0 bridgehead atoms. The van der Waals surface area contributed by atoms with Crippen LogP contribution in [0.15, 0.2) is 51.7 Å². The van der Waals surface area contributed by atoms with Crippen LogP contribution >= 0.6 is 15.9 Å². The number of ether oxygens (including phenoxy) is 2. The summed E-state index contributed by atoms with van der Waals surface area (Å²) in [5.74, 6) is 0.946. The molecule has 0 atom stereocenters. The van der Waals surface area contributed by atoms with E-state index >= 15 is 0 Å². The third kappa shape index (κ3) is 5.00. The topological polar surface area (TPSA) is 48.7 Å². The largest absolute Gasteiger partial charge is 0.491 e. The number of alkyl halides is 4. The SMILES string of the molecule is Cc1c(-c2ccc(OCCOCCBr)cc2)oc2ccc(C(F)(F)F)cc2c1=O. The Hall–Kier alpha value is -2.32. The highest BCUT2D eigenvalue weighted by atomic mass is 79.9. The van der Waals surface area contributed by atoms with Crippen molar-refractivity contribution in [3.63, 3.8) is 0 Å². The molecule has 0 aliphatic heterocycles. The van der Waals surface area contributed by atoms with Crippen LogP contribution in [0.2, 0.25) is 0 Å². The van der Waals surface area contributed by atoms with Gasteiger partial charge in [-0.1, -0.05) is 15.9 Å². The molecule has 8 heteroatoms. The average molecular weight is 471 g/mol. The molecular weight excluding hydrogens is 453 g/mol. The summed E-state index contributed by atoms with van der Waals surface area (Å²) >= 11 is 3.27. The second kappa shape index (κ2) is 9.00. The van der Waals surface area contributed by atoms with Crippen molar-refractivity contribution in [3.05, 3.63) is 63.8 Å². The lowest BCUT2D eigenvalue weighted by Crippen LogP contribution is -2.10. The predicted octanol–water partition coefficient (Wildman–Crippen LogP) is 5.58. The third-order valence-electron chi connectivity index (χ3n) is 4.28. The van der Waals surface area contributed by atoms with Crippen LogP contribution in [0.4, 0.5) is 13.2 Å². The summed E-state index contributed by atoms with van der Waals surface area (Å²) in [4.78, 5) is 12.6. The maximum Gasteiger partial charge on any atom is 0.416 e. The molecular formula is C21H18BrF3O4. The van der Waals surface area contributed by atoms with E-state index in [4.69, 9.17) is 13.9 Å². The maximum absolute atomic E-state index is 12.9. The monoisotopic (exact) mass is 470 g/mol. The Kier molecular flexibility index (Phi) is 6.64. The molecule has 154 valence electrons. The zero-order valence-electron chi connectivity index (χ0n) is 15.5. The molecule has 0 aliphatic carbocycles. The highest BCUT2D eigenvalue weighted by molar-refractivity contribution is 9.09. The fourth-order valence-electron chi connectivity index (χ4n) is 2.82. The Balaban J connectivity index is 1.86. The molecule has 0 aliphatic rings. The molecule has 0 spiro atoms. The summed E-state index contributed by atoms with van der Waals surface area (Å²) in [5.41, 5.74) is -0.395. The summed E-state index contributed by atoms with van der Waals surface area (Å²) in [6.45, 7) is 3.00. The van der Waals surface area contributed by atoms with Crippen LogP contribution < -0.4 is 10.2 Å². The second-order valence-electron chi connectivity index (χ2n) is 6.27. The highest BCUT2D eigenvalue weighted by Gasteiger charge is 2.31. The Morgan fingerprint density at radius 1 is 1.03 bits per heavy atom. The first-order valence-corrected chi connectivity index (χ1v) is 9.95. The summed E-state index contributed by atoms with van der Waals surface area (Å²) in [6, 6.07) is 9.83. The van der Waals surface area contributed by atoms with Gasteiger partial charge in [0.1, 0.15) is 23.7 Å². The van der Waals surface area contributed by atoms with E-state index in [1.807, 2.05) is 0 Å². The second-order valence-corrected chi connectivity index (χ2v) is 7.06. The first-order chi connectivity index (χ1) is 13.8. The van der Waals surface area contributed by atoms with Gasteiger partial charge in [-0.05, 0) is 49.4 Å². The molecule has 1 aromatic heterocycles. The smallest absolute Gasteiger partial charge is 0.416 e. The van der Waals surface area contributed by atoms with E-state index in [1.54, 1.807) is 24.3 Å². The lowest BCUT2D eigenvalue weighted by molar-refractivity contribution is -0.137. The third-order valence-corrected chi connectivity index (χ3v) is 4.60. The molecule has 0 unspecified atom stereocenters. The van der Waals surface area contributed by atoms with Gasteiger partial charge in [0, 0.05) is 16.5 Å². The van der Waals surface area contributed by atoms with Crippen molar-refractivity contribution >= 4 is 26.9 Å². The van der Waals surface area contributed by atoms with E-state index in [1.165, 1.54) is 13.0 Å². The van der Waals surface area contributed by atoms with E-state index in [2.05, 4.69) is 15.9 Å². The molecule has 3 aromatic rings. The zero-order valence-corrected chi connectivity index (χ0v) is 17.1. The molecule has 0 radical (unpaired) electrons. The van der Waals surface area contributed by atoms with E-state index in [-0.39, 0.29) is 16.5 Å². The van der Waals surface area contributed by atoms with Gasteiger partial charge in [-0.25, -0.2) is 0 Å². The number of benzene rings is 2. The van der Waals surface area contributed by atoms with Crippen LogP contribution in [0.1, 0.15) is 11.1 Å². The maximum atomic E-state index is 12.9. The van der Waals surface area contributed by atoms with E-state index in [9.17, 15) is 18.0 Å². The Labute approximate surface area is 173 Å². The van der Waals surface area contributed by atoms with Crippen molar-refractivity contribution in [1.29, 1.82) is 0 Å². The fourth-order valence-corrected chi connectivity index (χ4v) is 3.05. The van der Waals surface area contributed by atoms with Crippen molar-refractivity contribution in [2.24, 2.45) is 0 Å². The number of halogens is 4. The van der Waals surface area contributed by atoms with Crippen molar-refractivity contribution < 1.29 is 27.1 Å². The minimum atomic E-state index is -4.53. The quantitative estimate of drug-likeness (QED) is 0.334. The molecule has 4 nitrogen and oxygen atoms in total. The van der Waals surface area contributed by atoms with E-state index < -0.39 is 17.2 Å². The van der Waals surface area contributed by atoms with Crippen LogP contribution in [-0.2, 0) is 10.9 Å². The van der Waals surface area contributed by atoms with Crippen LogP contribution in [0.3, 0.4) is 0 Å². The van der Waals surface area contributed by atoms with Gasteiger partial charge in [-0.3, -0.25) is 4.79 Å². The van der Waals surface area contributed by atoms with Gasteiger partial charge >= 0.3 is 6.18 Å². The summed E-state index contributed by atoms with van der Waals surface area (Å²) in [7, 11) is 0. The molecule has 3 rings (SSSR count). The van der Waals surface area contributed by atoms with Crippen molar-refractivity contribution in [2.75, 3.05) is 25.2 Å². The van der Waals surface area contributed by atoms with Crippen LogP contribution in [0, 0.1) is 6.92 Å². The van der Waals surface area contributed by atoms with Gasteiger partial charge in [0.05, 0.1) is 24.2 Å². The number of rotatable bonds is 7. The van der Waals surface area contributed by atoms with Gasteiger partial charge in [-0.15, -0.1) is 0 Å². The van der Waals surface area contributed by atoms with E-state index in [0.717, 1.165) is 17.5 Å². The van der Waals surface area contributed by atoms with Gasteiger partial charge < -0.3 is 13.9 Å². The average Bonchev–Trinajstić information content (AvgIpc) is 2.70. The standard InChI is InChI=1S/C21H18BrF3O4/c1-13-19(26)17-12-15(21(23,24)25)4-7-18(17)29-20(13)14-2-5-16(6-3-14)28-11-10-27-9-8-22/h2-7,12H,8-11H2,1H3.